The Balaban J connectivity index is 2.43. The summed E-state index contributed by atoms with van der Waals surface area (Å²) in [5.74, 6) is -0.359. The van der Waals surface area contributed by atoms with Crippen molar-refractivity contribution in [2.45, 2.75) is 42.8 Å². The Bertz CT molecular complexity index is 513. The predicted octanol–water partition coefficient (Wildman–Crippen LogP) is 4.25. The van der Waals surface area contributed by atoms with Gasteiger partial charge in [0.05, 0.1) is 24.5 Å². The number of nitro groups is 1. The largest absolute Gasteiger partial charge is 0.458 e. The lowest BCUT2D eigenvalue weighted by Gasteiger charge is -2.13. The van der Waals surface area contributed by atoms with E-state index < -0.39 is 11.0 Å². The zero-order valence-electron chi connectivity index (χ0n) is 12.1. The topological polar surface area (TPSA) is 69.4 Å². The number of nitrogens with zero attached hydrogens (tertiary/aromatic N) is 1. The summed E-state index contributed by atoms with van der Waals surface area (Å²) in [6, 6.07) is 7.14. The number of unbranched alkanes of at least 4 members (excludes halogenated alkanes) is 1. The van der Waals surface area contributed by atoms with Crippen molar-refractivity contribution in [1.29, 1.82) is 0 Å². The van der Waals surface area contributed by atoms with Crippen molar-refractivity contribution >= 4 is 44.4 Å². The summed E-state index contributed by atoms with van der Waals surface area (Å²) in [6.07, 6.45) is 1.18. The van der Waals surface area contributed by atoms with Crippen LogP contribution < -0.4 is 0 Å². The van der Waals surface area contributed by atoms with E-state index in [1.807, 2.05) is 0 Å². The summed E-state index contributed by atoms with van der Waals surface area (Å²) in [5, 5.41) is 11.0. The smallest absolute Gasteiger partial charge is 0.306 e. The monoisotopic (exact) mass is 361 g/mol. The van der Waals surface area contributed by atoms with Crippen molar-refractivity contribution in [2.24, 2.45) is 0 Å². The van der Waals surface area contributed by atoms with Gasteiger partial charge in [-0.3, -0.25) is 14.9 Å². The fourth-order valence-corrected chi connectivity index (χ4v) is 3.25. The zero-order chi connectivity index (χ0) is 16.5. The van der Waals surface area contributed by atoms with E-state index in [0.29, 0.717) is 21.5 Å². The van der Waals surface area contributed by atoms with E-state index in [0.717, 1.165) is 12.5 Å². The maximum absolute atomic E-state index is 11.8. The third-order valence-corrected chi connectivity index (χ3v) is 4.86. The second-order valence-electron chi connectivity index (χ2n) is 4.66. The molecule has 1 rings (SSSR count). The number of nitro benzene ring substituents is 1. The van der Waals surface area contributed by atoms with Gasteiger partial charge in [0.15, 0.2) is 0 Å². The molecular weight excluding hydrogens is 345 g/mol. The van der Waals surface area contributed by atoms with Crippen LogP contribution in [0.15, 0.2) is 24.3 Å². The molecule has 0 N–H and O–H groups in total. The summed E-state index contributed by atoms with van der Waals surface area (Å²) in [6.45, 7) is 1.63. The molecule has 0 fully saturated rings. The molecule has 0 heterocycles. The van der Waals surface area contributed by atoms with Gasteiger partial charge in [-0.25, -0.2) is 0 Å². The number of hydrogen-bond acceptors (Lipinski definition) is 4. The van der Waals surface area contributed by atoms with Gasteiger partial charge in [-0.15, -0.1) is 23.2 Å². The van der Waals surface area contributed by atoms with Crippen LogP contribution in [-0.4, -0.2) is 24.9 Å². The first-order valence-corrected chi connectivity index (χ1v) is 9.02. The Morgan fingerprint density at radius 1 is 1.36 bits per heavy atom. The third-order valence-electron chi connectivity index (χ3n) is 2.99. The van der Waals surface area contributed by atoms with Crippen LogP contribution >= 0.6 is 23.2 Å². The van der Waals surface area contributed by atoms with Gasteiger partial charge in [0.25, 0.3) is 5.69 Å². The highest BCUT2D eigenvalue weighted by atomic mass is 35.5. The Hall–Kier alpha value is -1.11. The van der Waals surface area contributed by atoms with Gasteiger partial charge in [0.2, 0.25) is 0 Å². The van der Waals surface area contributed by atoms with Crippen LogP contribution in [0.3, 0.4) is 0 Å². The summed E-state index contributed by atoms with van der Waals surface area (Å²) in [4.78, 5) is 22.2. The maximum Gasteiger partial charge on any atom is 0.306 e. The van der Waals surface area contributed by atoms with Gasteiger partial charge in [-0.05, 0) is 19.4 Å². The van der Waals surface area contributed by atoms with Crippen LogP contribution in [0, 0.1) is 10.1 Å². The number of para-hydroxylation sites is 1. The minimum Gasteiger partial charge on any atom is -0.458 e. The first-order valence-electron chi connectivity index (χ1n) is 6.86. The molecule has 0 aliphatic carbocycles. The molecular formula is C14H17Cl2NO4Si. The van der Waals surface area contributed by atoms with E-state index in [2.05, 4.69) is 0 Å². The molecule has 1 atom stereocenters. The molecule has 22 heavy (non-hydrogen) atoms. The summed E-state index contributed by atoms with van der Waals surface area (Å²) < 4.78 is 4.92. The predicted molar refractivity (Wildman–Crippen MR) is 87.5 cm³/mol. The highest BCUT2D eigenvalue weighted by Crippen LogP contribution is 2.27. The molecule has 120 valence electrons. The summed E-state index contributed by atoms with van der Waals surface area (Å²) >= 11 is 11.3. The molecule has 0 spiro atoms. The first-order chi connectivity index (χ1) is 10.4. The van der Waals surface area contributed by atoms with Gasteiger partial charge in [0, 0.05) is 12.5 Å². The zero-order valence-corrected chi connectivity index (χ0v) is 14.6. The molecule has 0 bridgehead atoms. The van der Waals surface area contributed by atoms with E-state index >= 15 is 0 Å². The molecule has 1 aromatic rings. The molecule has 8 heteroatoms. The minimum atomic E-state index is -0.647. The van der Waals surface area contributed by atoms with Crippen molar-refractivity contribution in [3.63, 3.8) is 0 Å². The highest BCUT2D eigenvalue weighted by molar-refractivity contribution is 6.68. The van der Waals surface area contributed by atoms with E-state index in [1.165, 1.54) is 6.07 Å². The van der Waals surface area contributed by atoms with Crippen LogP contribution in [-0.2, 0) is 9.53 Å². The van der Waals surface area contributed by atoms with Gasteiger partial charge in [-0.1, -0.05) is 24.6 Å². The Morgan fingerprint density at radius 2 is 2.05 bits per heavy atom. The standard InChI is InChI=1S/C14H17Cl2NO4Si/c1-10(11-6-2-3-7-12(11)17(19)20)21-13(18)8-4-5-9-22-14(15)16/h2-3,6-7,10,14H,4-5,8-9H2,1H3. The van der Waals surface area contributed by atoms with Gasteiger partial charge >= 0.3 is 5.97 Å². The number of carbonyl (C=O) groups excluding carboxylic acids is 1. The number of ether oxygens (including phenoxy) is 1. The number of halogens is 2. The summed E-state index contributed by atoms with van der Waals surface area (Å²) in [5.41, 5.74) is 0.355. The second kappa shape index (κ2) is 9.81. The van der Waals surface area contributed by atoms with Crippen LogP contribution in [0.4, 0.5) is 5.69 Å². The quantitative estimate of drug-likeness (QED) is 0.164. The lowest BCUT2D eigenvalue weighted by molar-refractivity contribution is -0.386. The SMILES string of the molecule is CC(OC(=O)CCCC[Si]C(Cl)Cl)c1ccccc1[N+](=O)[O-]. The van der Waals surface area contributed by atoms with Crippen molar-refractivity contribution in [3.05, 3.63) is 39.9 Å². The average Bonchev–Trinajstić information content (AvgIpc) is 2.46. The molecule has 2 radical (unpaired) electrons. The van der Waals surface area contributed by atoms with E-state index in [4.69, 9.17) is 27.9 Å². The first kappa shape index (κ1) is 18.9. The van der Waals surface area contributed by atoms with Crippen molar-refractivity contribution in [3.8, 4) is 0 Å². The molecule has 0 saturated heterocycles. The van der Waals surface area contributed by atoms with E-state index in [-0.39, 0.29) is 22.5 Å². The molecule has 0 saturated carbocycles. The van der Waals surface area contributed by atoms with Gasteiger partial charge < -0.3 is 4.74 Å². The van der Waals surface area contributed by atoms with Gasteiger partial charge in [0.1, 0.15) is 6.10 Å². The number of hydrogen-bond donors (Lipinski definition) is 0. The fourth-order valence-electron chi connectivity index (χ4n) is 1.92. The molecule has 1 aromatic carbocycles. The molecule has 0 aliphatic rings. The normalized spacial score (nSPS) is 12.2. The van der Waals surface area contributed by atoms with Gasteiger partial charge in [-0.2, -0.15) is 0 Å². The second-order valence-corrected chi connectivity index (χ2v) is 7.97. The number of carbonyl (C=O) groups is 1. The number of benzene rings is 1. The highest BCUT2D eigenvalue weighted by Gasteiger charge is 2.20. The Labute approximate surface area is 141 Å². The molecule has 1 unspecified atom stereocenters. The summed E-state index contributed by atoms with van der Waals surface area (Å²) in [7, 11) is 0.465. The number of alkyl halides is 2. The lowest BCUT2D eigenvalue weighted by Crippen LogP contribution is -2.10. The molecule has 0 aromatic heterocycles. The van der Waals surface area contributed by atoms with Crippen molar-refractivity contribution in [2.75, 3.05) is 0 Å². The third kappa shape index (κ3) is 6.77. The van der Waals surface area contributed by atoms with Crippen LogP contribution in [0.5, 0.6) is 0 Å². The molecule has 0 amide bonds. The lowest BCUT2D eigenvalue weighted by atomic mass is 10.1. The van der Waals surface area contributed by atoms with Crippen molar-refractivity contribution in [1.82, 2.24) is 0 Å². The molecule has 5 nitrogen and oxygen atoms in total. The van der Waals surface area contributed by atoms with Crippen molar-refractivity contribution < 1.29 is 14.5 Å². The Kier molecular flexibility index (Phi) is 8.45. The van der Waals surface area contributed by atoms with Crippen LogP contribution in [0.2, 0.25) is 6.04 Å². The maximum atomic E-state index is 11.8. The fraction of sp³-hybridized carbons (Fsp3) is 0.500. The Morgan fingerprint density at radius 3 is 2.68 bits per heavy atom. The van der Waals surface area contributed by atoms with Crippen LogP contribution in [0.25, 0.3) is 0 Å². The van der Waals surface area contributed by atoms with Crippen LogP contribution in [0.1, 0.15) is 37.9 Å². The number of rotatable bonds is 9. The molecule has 0 aliphatic heterocycles. The van der Waals surface area contributed by atoms with E-state index in [1.54, 1.807) is 25.1 Å². The number of esters is 1. The minimum absolute atomic E-state index is 0.0423. The average molecular weight is 362 g/mol. The van der Waals surface area contributed by atoms with E-state index in [9.17, 15) is 14.9 Å².